The Labute approximate surface area is 74.5 Å². The summed E-state index contributed by atoms with van der Waals surface area (Å²) in [4.78, 5) is 0. The van der Waals surface area contributed by atoms with Crippen LogP contribution >= 0.6 is 0 Å². The molecule has 0 aromatic heterocycles. The minimum Gasteiger partial charge on any atom is -0.392 e. The van der Waals surface area contributed by atoms with Gasteiger partial charge in [-0.1, -0.05) is 31.4 Å². The Morgan fingerprint density at radius 3 is 2.33 bits per heavy atom. The van der Waals surface area contributed by atoms with Gasteiger partial charge in [0.05, 0.1) is 6.10 Å². The zero-order chi connectivity index (χ0) is 8.55. The molecule has 1 heteroatoms. The minimum absolute atomic E-state index is 0.0576. The third-order valence-electron chi connectivity index (χ3n) is 3.39. The van der Waals surface area contributed by atoms with Crippen LogP contribution in [0.4, 0.5) is 0 Å². The topological polar surface area (TPSA) is 20.2 Å². The van der Waals surface area contributed by atoms with Crippen LogP contribution in [0.3, 0.4) is 0 Å². The highest BCUT2D eigenvalue weighted by Crippen LogP contribution is 2.43. The fourth-order valence-electron chi connectivity index (χ4n) is 2.39. The second-order valence-corrected chi connectivity index (χ2v) is 4.36. The molecule has 0 spiro atoms. The average molecular weight is 166 g/mol. The van der Waals surface area contributed by atoms with E-state index in [4.69, 9.17) is 0 Å². The van der Waals surface area contributed by atoms with E-state index in [0.717, 1.165) is 6.42 Å². The molecule has 2 rings (SSSR count). The molecular weight excluding hydrogens is 148 g/mol. The lowest BCUT2D eigenvalue weighted by molar-refractivity contribution is 0.0697. The zero-order valence-corrected chi connectivity index (χ0v) is 7.63. The highest BCUT2D eigenvalue weighted by Gasteiger charge is 2.38. The Balaban J connectivity index is 1.85. The van der Waals surface area contributed by atoms with Crippen LogP contribution in [-0.4, -0.2) is 11.2 Å². The summed E-state index contributed by atoms with van der Waals surface area (Å²) in [5.41, 5.74) is 1.27. The predicted octanol–water partition coefficient (Wildman–Crippen LogP) is 2.50. The van der Waals surface area contributed by atoms with Crippen molar-refractivity contribution >= 4 is 0 Å². The molecule has 12 heavy (non-hydrogen) atoms. The van der Waals surface area contributed by atoms with Crippen LogP contribution in [0.1, 0.15) is 38.5 Å². The van der Waals surface area contributed by atoms with Gasteiger partial charge in [-0.15, -0.1) is 0 Å². The van der Waals surface area contributed by atoms with Crippen LogP contribution in [0.5, 0.6) is 0 Å². The lowest BCUT2D eigenvalue weighted by Crippen LogP contribution is -2.24. The molecular formula is C11H18O. The molecule has 2 fully saturated rings. The van der Waals surface area contributed by atoms with E-state index in [1.165, 1.54) is 37.7 Å². The number of aliphatic hydroxyl groups is 1. The van der Waals surface area contributed by atoms with Gasteiger partial charge in [-0.3, -0.25) is 0 Å². The number of hydrogen-bond donors (Lipinski definition) is 1. The summed E-state index contributed by atoms with van der Waals surface area (Å²) in [6.45, 7) is 3.90. The molecule has 0 saturated heterocycles. The van der Waals surface area contributed by atoms with Crippen molar-refractivity contribution in [2.45, 2.75) is 44.6 Å². The lowest BCUT2D eigenvalue weighted by Gasteiger charge is -2.26. The van der Waals surface area contributed by atoms with Crippen LogP contribution in [0, 0.1) is 11.8 Å². The molecule has 1 nitrogen and oxygen atoms in total. The second-order valence-electron chi connectivity index (χ2n) is 4.36. The monoisotopic (exact) mass is 166 g/mol. The molecule has 1 N–H and O–H groups in total. The first-order valence-electron chi connectivity index (χ1n) is 5.15. The third kappa shape index (κ3) is 1.56. The van der Waals surface area contributed by atoms with E-state index in [-0.39, 0.29) is 6.10 Å². The van der Waals surface area contributed by atoms with Gasteiger partial charge in [-0.25, -0.2) is 0 Å². The van der Waals surface area contributed by atoms with E-state index in [0.29, 0.717) is 11.8 Å². The summed E-state index contributed by atoms with van der Waals surface area (Å²) >= 11 is 0. The van der Waals surface area contributed by atoms with Crippen molar-refractivity contribution in [3.05, 3.63) is 12.2 Å². The maximum absolute atomic E-state index is 9.92. The van der Waals surface area contributed by atoms with Crippen molar-refractivity contribution < 1.29 is 5.11 Å². The smallest absolute Gasteiger partial charge is 0.0636 e. The van der Waals surface area contributed by atoms with E-state index >= 15 is 0 Å². The van der Waals surface area contributed by atoms with Gasteiger partial charge in [0.15, 0.2) is 0 Å². The molecule has 0 heterocycles. The largest absolute Gasteiger partial charge is 0.392 e. The Bertz CT molecular complexity index is 179. The van der Waals surface area contributed by atoms with E-state index in [9.17, 15) is 5.11 Å². The van der Waals surface area contributed by atoms with Gasteiger partial charge in [0.1, 0.15) is 0 Å². The molecule has 0 aromatic rings. The second kappa shape index (κ2) is 3.21. The SMILES string of the molecule is C=C1C[C@H]1[C@H](O)C1CCCCC1. The summed E-state index contributed by atoms with van der Waals surface area (Å²) in [6.07, 6.45) is 7.52. The first-order chi connectivity index (χ1) is 5.79. The number of aliphatic hydroxyl groups excluding tert-OH is 1. The van der Waals surface area contributed by atoms with Crippen molar-refractivity contribution in [1.29, 1.82) is 0 Å². The van der Waals surface area contributed by atoms with Crippen LogP contribution in [0.2, 0.25) is 0 Å². The third-order valence-corrected chi connectivity index (χ3v) is 3.39. The molecule has 2 aliphatic rings. The summed E-state index contributed by atoms with van der Waals surface area (Å²) in [5.74, 6) is 1.05. The summed E-state index contributed by atoms with van der Waals surface area (Å²) < 4.78 is 0. The van der Waals surface area contributed by atoms with Crippen LogP contribution < -0.4 is 0 Å². The highest BCUT2D eigenvalue weighted by molar-refractivity contribution is 5.21. The fraction of sp³-hybridized carbons (Fsp3) is 0.818. The molecule has 2 saturated carbocycles. The predicted molar refractivity (Wildman–Crippen MR) is 49.8 cm³/mol. The quantitative estimate of drug-likeness (QED) is 0.625. The van der Waals surface area contributed by atoms with Gasteiger partial charge >= 0.3 is 0 Å². The molecule has 0 aromatic carbocycles. The van der Waals surface area contributed by atoms with Crippen molar-refractivity contribution in [3.63, 3.8) is 0 Å². The molecule has 0 amide bonds. The minimum atomic E-state index is -0.0576. The lowest BCUT2D eigenvalue weighted by atomic mass is 9.83. The first kappa shape index (κ1) is 8.31. The standard InChI is InChI=1S/C11H18O/c1-8-7-10(8)11(12)9-5-3-2-4-6-9/h9-12H,1-7H2/t10-,11-/m1/s1. The van der Waals surface area contributed by atoms with Crippen molar-refractivity contribution in [3.8, 4) is 0 Å². The maximum atomic E-state index is 9.92. The van der Waals surface area contributed by atoms with E-state index in [1.807, 2.05) is 0 Å². The van der Waals surface area contributed by atoms with E-state index < -0.39 is 0 Å². The zero-order valence-electron chi connectivity index (χ0n) is 7.63. The summed E-state index contributed by atoms with van der Waals surface area (Å²) in [5, 5.41) is 9.92. The van der Waals surface area contributed by atoms with E-state index in [1.54, 1.807) is 0 Å². The van der Waals surface area contributed by atoms with Gasteiger partial charge in [-0.2, -0.15) is 0 Å². The Hall–Kier alpha value is -0.300. The summed E-state index contributed by atoms with van der Waals surface area (Å²) in [6, 6.07) is 0. The molecule has 0 aliphatic heterocycles. The normalized spacial score (nSPS) is 33.4. The molecule has 0 bridgehead atoms. The van der Waals surface area contributed by atoms with Crippen molar-refractivity contribution in [2.24, 2.45) is 11.8 Å². The Kier molecular flexibility index (Phi) is 2.22. The average Bonchev–Trinajstić information content (AvgIpc) is 2.83. The number of hydrogen-bond acceptors (Lipinski definition) is 1. The van der Waals surface area contributed by atoms with Gasteiger partial charge in [-0.05, 0) is 25.2 Å². The van der Waals surface area contributed by atoms with E-state index in [2.05, 4.69) is 6.58 Å². The molecule has 2 atom stereocenters. The van der Waals surface area contributed by atoms with Crippen molar-refractivity contribution in [2.75, 3.05) is 0 Å². The summed E-state index contributed by atoms with van der Waals surface area (Å²) in [7, 11) is 0. The first-order valence-corrected chi connectivity index (χ1v) is 5.15. The van der Waals surface area contributed by atoms with Gasteiger partial charge in [0.25, 0.3) is 0 Å². The Morgan fingerprint density at radius 1 is 1.25 bits per heavy atom. The Morgan fingerprint density at radius 2 is 1.83 bits per heavy atom. The van der Waals surface area contributed by atoms with Gasteiger partial charge in [0, 0.05) is 5.92 Å². The molecule has 0 radical (unpaired) electrons. The van der Waals surface area contributed by atoms with Gasteiger partial charge in [0.2, 0.25) is 0 Å². The molecule has 2 aliphatic carbocycles. The molecule has 68 valence electrons. The highest BCUT2D eigenvalue weighted by atomic mass is 16.3. The van der Waals surface area contributed by atoms with Crippen molar-refractivity contribution in [1.82, 2.24) is 0 Å². The van der Waals surface area contributed by atoms with Crippen LogP contribution in [0.15, 0.2) is 12.2 Å². The number of rotatable bonds is 2. The van der Waals surface area contributed by atoms with Gasteiger partial charge < -0.3 is 5.11 Å². The fourth-order valence-corrected chi connectivity index (χ4v) is 2.39. The maximum Gasteiger partial charge on any atom is 0.0636 e. The van der Waals surface area contributed by atoms with Crippen LogP contribution in [-0.2, 0) is 0 Å². The van der Waals surface area contributed by atoms with Crippen LogP contribution in [0.25, 0.3) is 0 Å². The molecule has 0 unspecified atom stereocenters.